The highest BCUT2D eigenvalue weighted by atomic mass is 16.5. The highest BCUT2D eigenvalue weighted by Crippen LogP contribution is 2.49. The molecule has 4 aliphatic rings. The van der Waals surface area contributed by atoms with Crippen LogP contribution in [0.25, 0.3) is 0 Å². The molecule has 1 heterocycles. The van der Waals surface area contributed by atoms with Gasteiger partial charge in [0.15, 0.2) is 0 Å². The highest BCUT2D eigenvalue weighted by Gasteiger charge is 2.56. The van der Waals surface area contributed by atoms with Crippen LogP contribution in [0.3, 0.4) is 0 Å². The van der Waals surface area contributed by atoms with Gasteiger partial charge in [-0.25, -0.2) is 0 Å². The average molecular weight is 368 g/mol. The number of hydrogen-bond acceptors (Lipinski definition) is 5. The molecule has 1 aromatic rings. The van der Waals surface area contributed by atoms with Crippen molar-refractivity contribution in [3.8, 4) is 11.5 Å². The van der Waals surface area contributed by atoms with Crippen LogP contribution in [0.4, 0.5) is 0 Å². The molecule has 0 unspecified atom stereocenters. The third kappa shape index (κ3) is 3.03. The van der Waals surface area contributed by atoms with Gasteiger partial charge in [-0.05, 0) is 50.7 Å². The molecule has 3 aliphatic carbocycles. The number of ether oxygens (including phenoxy) is 2. The first-order valence-electron chi connectivity index (χ1n) is 9.63. The molecule has 1 saturated heterocycles. The zero-order valence-corrected chi connectivity index (χ0v) is 15.6. The van der Waals surface area contributed by atoms with E-state index in [0.717, 1.165) is 17.9 Å². The lowest BCUT2D eigenvalue weighted by Gasteiger charge is -2.37. The summed E-state index contributed by atoms with van der Waals surface area (Å²) in [7, 11) is 0. The minimum Gasteiger partial charge on any atom is -0.494 e. The number of hydrazone groups is 1. The Morgan fingerprint density at radius 1 is 1.04 bits per heavy atom. The van der Waals surface area contributed by atoms with E-state index in [9.17, 15) is 9.59 Å². The predicted octanol–water partition coefficient (Wildman–Crippen LogP) is 3.02. The minimum absolute atomic E-state index is 0.168. The van der Waals surface area contributed by atoms with Crippen LogP contribution in [-0.2, 0) is 9.59 Å². The summed E-state index contributed by atoms with van der Waals surface area (Å²) in [5.41, 5.74) is 0.705. The molecule has 5 rings (SSSR count). The maximum absolute atomic E-state index is 12.8. The Labute approximate surface area is 158 Å². The normalized spacial score (nSPS) is 28.9. The first kappa shape index (κ1) is 17.8. The number of imide groups is 1. The molecule has 2 bridgehead atoms. The molecule has 1 saturated carbocycles. The second-order valence-corrected chi connectivity index (χ2v) is 7.14. The van der Waals surface area contributed by atoms with Gasteiger partial charge in [0.25, 0.3) is 11.8 Å². The summed E-state index contributed by atoms with van der Waals surface area (Å²) in [6.45, 7) is 4.88. The van der Waals surface area contributed by atoms with Crippen molar-refractivity contribution < 1.29 is 19.1 Å². The molecule has 6 heteroatoms. The van der Waals surface area contributed by atoms with Gasteiger partial charge in [0.2, 0.25) is 0 Å². The maximum Gasteiger partial charge on any atom is 0.254 e. The zero-order chi connectivity index (χ0) is 19.0. The number of allylic oxidation sites excluding steroid dienone is 2. The fraction of sp³-hybridized carbons (Fsp3) is 0.476. The maximum atomic E-state index is 12.8. The van der Waals surface area contributed by atoms with Crippen LogP contribution in [0, 0.1) is 23.7 Å². The number of carbonyl (C=O) groups excluding carboxylic acids is 2. The quantitative estimate of drug-likeness (QED) is 0.440. The Hall–Kier alpha value is -2.63. The summed E-state index contributed by atoms with van der Waals surface area (Å²) in [5.74, 6) is 0.816. The smallest absolute Gasteiger partial charge is 0.254 e. The van der Waals surface area contributed by atoms with E-state index in [1.165, 1.54) is 6.21 Å². The molecule has 1 aliphatic heterocycles. The average Bonchev–Trinajstić information content (AvgIpc) is 2.95. The molecule has 0 N–H and O–H groups in total. The van der Waals surface area contributed by atoms with Crippen LogP contribution in [0.15, 0.2) is 35.5 Å². The standard InChI is InChI=1S/C21H24N2O4/c1-3-26-16-10-9-15(17(11-16)27-4-2)12-22-23-20(24)18-13-5-6-14(8-7-13)19(18)21(23)25/h5-6,9-14,18-19H,3-4,7-8H2,1-2H3/b22-12-/t13-,14-,18-,19-/m0/s1. The predicted molar refractivity (Wildman–Crippen MR) is 101 cm³/mol. The van der Waals surface area contributed by atoms with Gasteiger partial charge < -0.3 is 9.47 Å². The lowest BCUT2D eigenvalue weighted by atomic mass is 9.63. The van der Waals surface area contributed by atoms with E-state index in [2.05, 4.69) is 17.3 Å². The lowest BCUT2D eigenvalue weighted by molar-refractivity contribution is -0.140. The van der Waals surface area contributed by atoms with Crippen LogP contribution >= 0.6 is 0 Å². The van der Waals surface area contributed by atoms with Crippen molar-refractivity contribution in [2.24, 2.45) is 28.8 Å². The van der Waals surface area contributed by atoms with Gasteiger partial charge in [0, 0.05) is 11.6 Å². The first-order valence-corrected chi connectivity index (χ1v) is 9.63. The molecule has 0 aromatic heterocycles. The van der Waals surface area contributed by atoms with Crippen molar-refractivity contribution >= 4 is 18.0 Å². The topological polar surface area (TPSA) is 68.2 Å². The van der Waals surface area contributed by atoms with Gasteiger partial charge in [-0.2, -0.15) is 10.1 Å². The van der Waals surface area contributed by atoms with Crippen molar-refractivity contribution in [3.05, 3.63) is 35.9 Å². The number of carbonyl (C=O) groups is 2. The van der Waals surface area contributed by atoms with E-state index in [4.69, 9.17) is 9.47 Å². The molecular formula is C21H24N2O4. The Bertz CT molecular complexity index is 784. The summed E-state index contributed by atoms with van der Waals surface area (Å²) in [6.07, 6.45) is 7.70. The Kier molecular flexibility index (Phi) is 4.72. The second-order valence-electron chi connectivity index (χ2n) is 7.14. The molecule has 4 atom stereocenters. The van der Waals surface area contributed by atoms with Crippen LogP contribution < -0.4 is 9.47 Å². The molecule has 142 valence electrons. The van der Waals surface area contributed by atoms with Gasteiger partial charge in [-0.1, -0.05) is 12.2 Å². The summed E-state index contributed by atoms with van der Waals surface area (Å²) < 4.78 is 11.2. The Balaban J connectivity index is 1.58. The molecular weight excluding hydrogens is 344 g/mol. The number of nitrogens with zero attached hydrogens (tertiary/aromatic N) is 2. The van der Waals surface area contributed by atoms with Crippen LogP contribution in [0.1, 0.15) is 32.3 Å². The number of benzene rings is 1. The van der Waals surface area contributed by atoms with E-state index >= 15 is 0 Å². The fourth-order valence-corrected chi connectivity index (χ4v) is 4.45. The van der Waals surface area contributed by atoms with Crippen molar-refractivity contribution in [1.29, 1.82) is 0 Å². The third-order valence-electron chi connectivity index (χ3n) is 5.64. The van der Waals surface area contributed by atoms with Crippen molar-refractivity contribution in [2.45, 2.75) is 26.7 Å². The summed E-state index contributed by atoms with van der Waals surface area (Å²) >= 11 is 0. The van der Waals surface area contributed by atoms with Gasteiger partial charge in [0.05, 0.1) is 31.3 Å². The number of hydrogen-bond donors (Lipinski definition) is 0. The van der Waals surface area contributed by atoms with Crippen LogP contribution in [0.5, 0.6) is 11.5 Å². The fourth-order valence-electron chi connectivity index (χ4n) is 4.45. The number of fused-ring (bicyclic) bond motifs is 1. The Morgan fingerprint density at radius 3 is 2.22 bits per heavy atom. The van der Waals surface area contributed by atoms with Gasteiger partial charge in [0.1, 0.15) is 11.5 Å². The van der Waals surface area contributed by atoms with Gasteiger partial charge in [-0.3, -0.25) is 9.59 Å². The number of rotatable bonds is 6. The van der Waals surface area contributed by atoms with Crippen LogP contribution in [-0.4, -0.2) is 36.3 Å². The Morgan fingerprint density at radius 2 is 1.67 bits per heavy atom. The monoisotopic (exact) mass is 368 g/mol. The summed E-state index contributed by atoms with van der Waals surface area (Å²) in [6, 6.07) is 5.44. The van der Waals surface area contributed by atoms with Crippen molar-refractivity contribution in [3.63, 3.8) is 0 Å². The summed E-state index contributed by atoms with van der Waals surface area (Å²) in [4.78, 5) is 25.6. The lowest BCUT2D eigenvalue weighted by Crippen LogP contribution is -2.38. The largest absolute Gasteiger partial charge is 0.494 e. The zero-order valence-electron chi connectivity index (χ0n) is 15.6. The SMILES string of the molecule is CCOc1ccc(/C=N\N2C(=O)[C@@H]3[C@@H](C2=O)[C@H]2C=C[C@H]3CC2)c(OCC)c1. The minimum atomic E-state index is -0.245. The van der Waals surface area contributed by atoms with Gasteiger partial charge >= 0.3 is 0 Å². The van der Waals surface area contributed by atoms with Crippen molar-refractivity contribution in [2.75, 3.05) is 13.2 Å². The van der Waals surface area contributed by atoms with Crippen LogP contribution in [0.2, 0.25) is 0 Å². The molecule has 1 aromatic carbocycles. The molecule has 0 radical (unpaired) electrons. The second kappa shape index (κ2) is 7.18. The third-order valence-corrected chi connectivity index (χ3v) is 5.64. The molecule has 2 amide bonds. The van der Waals surface area contributed by atoms with E-state index < -0.39 is 0 Å². The van der Waals surface area contributed by atoms with Crippen molar-refractivity contribution in [1.82, 2.24) is 5.01 Å². The number of amides is 2. The van der Waals surface area contributed by atoms with E-state index in [-0.39, 0.29) is 35.5 Å². The molecule has 2 fully saturated rings. The van der Waals surface area contributed by atoms with E-state index in [1.54, 1.807) is 6.07 Å². The van der Waals surface area contributed by atoms with E-state index in [0.29, 0.717) is 30.3 Å². The first-order chi connectivity index (χ1) is 13.1. The van der Waals surface area contributed by atoms with E-state index in [1.807, 2.05) is 26.0 Å². The summed E-state index contributed by atoms with van der Waals surface area (Å²) in [5, 5.41) is 5.32. The van der Waals surface area contributed by atoms with Gasteiger partial charge in [-0.15, -0.1) is 0 Å². The molecule has 27 heavy (non-hydrogen) atoms. The molecule has 6 nitrogen and oxygen atoms in total. The molecule has 0 spiro atoms. The highest BCUT2D eigenvalue weighted by molar-refractivity contribution is 6.06.